The molecule has 1 atom stereocenters. The third-order valence-corrected chi connectivity index (χ3v) is 11.4. The minimum absolute atomic E-state index is 0.0154. The van der Waals surface area contributed by atoms with Gasteiger partial charge in [0.25, 0.3) is 5.91 Å². The van der Waals surface area contributed by atoms with Gasteiger partial charge >= 0.3 is 0 Å². The van der Waals surface area contributed by atoms with Crippen LogP contribution in [-0.2, 0) is 15.4 Å². The van der Waals surface area contributed by atoms with Crippen molar-refractivity contribution in [2.75, 3.05) is 45.0 Å². The van der Waals surface area contributed by atoms with Crippen LogP contribution in [0.5, 0.6) is 0 Å². The molecule has 2 N–H and O–H groups in total. The molecular formula is C33H39Cl2N3O4S. The Morgan fingerprint density at radius 1 is 0.884 bits per heavy atom. The third kappa shape index (κ3) is 7.80. The lowest BCUT2D eigenvalue weighted by Crippen LogP contribution is -2.56. The number of benzene rings is 3. The van der Waals surface area contributed by atoms with Crippen molar-refractivity contribution < 1.29 is 18.3 Å². The Labute approximate surface area is 264 Å². The molecule has 2 aliphatic rings. The van der Waals surface area contributed by atoms with E-state index >= 15 is 0 Å². The largest absolute Gasteiger partial charge is 0.389 e. The first-order valence-electron chi connectivity index (χ1n) is 14.9. The Morgan fingerprint density at radius 3 is 2.23 bits per heavy atom. The molecule has 10 heteroatoms. The van der Waals surface area contributed by atoms with E-state index in [4.69, 9.17) is 23.2 Å². The highest BCUT2D eigenvalue weighted by molar-refractivity contribution is 7.91. The van der Waals surface area contributed by atoms with Crippen LogP contribution in [0.2, 0.25) is 10.0 Å². The summed E-state index contributed by atoms with van der Waals surface area (Å²) >= 11 is 12.7. The minimum Gasteiger partial charge on any atom is -0.389 e. The topological polar surface area (TPSA) is 89.9 Å². The van der Waals surface area contributed by atoms with Crippen molar-refractivity contribution in [3.05, 3.63) is 100 Å². The molecule has 0 bridgehead atoms. The molecule has 2 heterocycles. The van der Waals surface area contributed by atoms with Gasteiger partial charge in [-0.25, -0.2) is 8.42 Å². The van der Waals surface area contributed by atoms with Crippen molar-refractivity contribution in [3.63, 3.8) is 0 Å². The van der Waals surface area contributed by atoms with Crippen molar-refractivity contribution in [2.24, 2.45) is 0 Å². The van der Waals surface area contributed by atoms with Crippen LogP contribution in [-0.4, -0.2) is 79.9 Å². The average molecular weight is 645 g/mol. The van der Waals surface area contributed by atoms with E-state index in [0.717, 1.165) is 37.9 Å². The lowest BCUT2D eigenvalue weighted by molar-refractivity contribution is -0.00281. The van der Waals surface area contributed by atoms with Crippen LogP contribution in [0.25, 0.3) is 0 Å². The minimum atomic E-state index is -3.56. The number of amides is 1. The average Bonchev–Trinajstić information content (AvgIpc) is 3.02. The molecule has 3 aromatic carbocycles. The molecule has 1 amide bonds. The summed E-state index contributed by atoms with van der Waals surface area (Å²) in [5, 5.41) is 15.9. The van der Waals surface area contributed by atoms with E-state index < -0.39 is 21.0 Å². The predicted octanol–water partition coefficient (Wildman–Crippen LogP) is 5.41. The second-order valence-corrected chi connectivity index (χ2v) is 14.6. The van der Waals surface area contributed by atoms with Gasteiger partial charge in [-0.2, -0.15) is 0 Å². The smallest absolute Gasteiger partial charge is 0.253 e. The summed E-state index contributed by atoms with van der Waals surface area (Å²) in [6, 6.07) is 23.4. The second-order valence-electron chi connectivity index (χ2n) is 11.8. The summed E-state index contributed by atoms with van der Waals surface area (Å²) in [6.07, 6.45) is 3.39. The van der Waals surface area contributed by atoms with E-state index in [1.54, 1.807) is 30.3 Å². The maximum atomic E-state index is 13.4. The van der Waals surface area contributed by atoms with Gasteiger partial charge in [0.2, 0.25) is 0 Å². The Hall–Kier alpha value is -2.46. The molecule has 0 saturated carbocycles. The number of piperidine rings is 2. The van der Waals surface area contributed by atoms with E-state index in [-0.39, 0.29) is 16.6 Å². The van der Waals surface area contributed by atoms with Crippen LogP contribution in [0.15, 0.2) is 83.8 Å². The van der Waals surface area contributed by atoms with Gasteiger partial charge in [-0.1, -0.05) is 65.7 Å². The van der Waals surface area contributed by atoms with Crippen molar-refractivity contribution >= 4 is 38.9 Å². The van der Waals surface area contributed by atoms with Crippen molar-refractivity contribution in [2.45, 2.75) is 48.1 Å². The van der Waals surface area contributed by atoms with E-state index in [0.29, 0.717) is 54.6 Å². The van der Waals surface area contributed by atoms with E-state index in [1.165, 1.54) is 0 Å². The van der Waals surface area contributed by atoms with E-state index in [2.05, 4.69) is 10.2 Å². The van der Waals surface area contributed by atoms with Crippen molar-refractivity contribution in [1.82, 2.24) is 15.1 Å². The zero-order valence-corrected chi connectivity index (χ0v) is 26.5. The van der Waals surface area contributed by atoms with Crippen molar-refractivity contribution in [3.8, 4) is 0 Å². The maximum Gasteiger partial charge on any atom is 0.253 e. The van der Waals surface area contributed by atoms with Gasteiger partial charge in [-0.15, -0.1) is 0 Å². The molecule has 1 unspecified atom stereocenters. The Kier molecular flexibility index (Phi) is 10.2. The number of carbonyl (C=O) groups is 1. The van der Waals surface area contributed by atoms with Crippen LogP contribution >= 0.6 is 23.2 Å². The number of carbonyl (C=O) groups excluding carboxylic acids is 1. The number of nitrogens with one attached hydrogen (secondary N) is 1. The summed E-state index contributed by atoms with van der Waals surface area (Å²) in [7, 11) is -3.56. The molecule has 5 rings (SSSR count). The molecule has 0 spiro atoms. The molecule has 2 saturated heterocycles. The highest BCUT2D eigenvalue weighted by Gasteiger charge is 2.40. The van der Waals surface area contributed by atoms with Crippen LogP contribution in [0.3, 0.4) is 0 Å². The Bertz CT molecular complexity index is 1500. The van der Waals surface area contributed by atoms with Crippen LogP contribution in [0.1, 0.15) is 48.0 Å². The molecule has 230 valence electrons. The molecule has 43 heavy (non-hydrogen) atoms. The number of aliphatic hydroxyl groups is 1. The first kappa shape index (κ1) is 31.9. The predicted molar refractivity (Wildman–Crippen MR) is 171 cm³/mol. The molecule has 0 aromatic heterocycles. The number of hydrogen-bond acceptors (Lipinski definition) is 6. The molecule has 2 aliphatic heterocycles. The quantitative estimate of drug-likeness (QED) is 0.287. The van der Waals surface area contributed by atoms with Gasteiger partial charge < -0.3 is 20.2 Å². The zero-order valence-electron chi connectivity index (χ0n) is 24.2. The fraction of sp³-hybridized carbons (Fsp3) is 0.424. The molecule has 3 aromatic rings. The van der Waals surface area contributed by atoms with Gasteiger partial charge in [0, 0.05) is 31.7 Å². The Morgan fingerprint density at radius 2 is 1.56 bits per heavy atom. The van der Waals surface area contributed by atoms with Gasteiger partial charge in [0.1, 0.15) is 0 Å². The number of likely N-dealkylation sites (tertiary alicyclic amines) is 2. The molecule has 2 fully saturated rings. The van der Waals surface area contributed by atoms with Crippen LogP contribution in [0.4, 0.5) is 0 Å². The highest BCUT2D eigenvalue weighted by Crippen LogP contribution is 2.36. The fourth-order valence-electron chi connectivity index (χ4n) is 6.30. The summed E-state index contributed by atoms with van der Waals surface area (Å²) in [4.78, 5) is 17.8. The summed E-state index contributed by atoms with van der Waals surface area (Å²) in [6.45, 7) is 4.02. The lowest BCUT2D eigenvalue weighted by atomic mass is 9.81. The molecule has 7 nitrogen and oxygen atoms in total. The monoisotopic (exact) mass is 643 g/mol. The van der Waals surface area contributed by atoms with E-state index in [9.17, 15) is 18.3 Å². The zero-order chi connectivity index (χ0) is 30.5. The van der Waals surface area contributed by atoms with Gasteiger partial charge in [-0.3, -0.25) is 4.79 Å². The van der Waals surface area contributed by atoms with Crippen molar-refractivity contribution in [1.29, 1.82) is 0 Å². The number of nitrogens with zero attached hydrogens (tertiary/aromatic N) is 2. The second kappa shape index (κ2) is 13.7. The summed E-state index contributed by atoms with van der Waals surface area (Å²) in [5.41, 5.74) is -0.00699. The summed E-state index contributed by atoms with van der Waals surface area (Å²) in [5.74, 6) is -0.245. The summed E-state index contributed by atoms with van der Waals surface area (Å²) < 4.78 is 25.7. The van der Waals surface area contributed by atoms with E-state index in [1.807, 2.05) is 53.4 Å². The fourth-order valence-corrected chi connectivity index (χ4v) is 8.33. The van der Waals surface area contributed by atoms with Gasteiger partial charge in [0.05, 0.1) is 31.8 Å². The SMILES string of the molecule is O=C(c1ccccc1)N1CCCC(NCCCN2CCC(O)(CS(=O)(=O)c3ccccc3)CC2)(c2ccc(Cl)c(Cl)c2)C1. The molecular weight excluding hydrogens is 605 g/mol. The van der Waals surface area contributed by atoms with Crippen LogP contribution < -0.4 is 5.32 Å². The Balaban J connectivity index is 1.19. The molecule has 0 aliphatic carbocycles. The number of hydrogen-bond donors (Lipinski definition) is 2. The van der Waals surface area contributed by atoms with Gasteiger partial charge in [0.15, 0.2) is 9.84 Å². The number of halogens is 2. The normalized spacial score (nSPS) is 21.0. The first-order chi connectivity index (χ1) is 20.6. The highest BCUT2D eigenvalue weighted by atomic mass is 35.5. The van der Waals surface area contributed by atoms with Crippen LogP contribution in [0, 0.1) is 0 Å². The number of sulfone groups is 1. The third-order valence-electron chi connectivity index (χ3n) is 8.73. The maximum absolute atomic E-state index is 13.4. The number of rotatable bonds is 10. The molecule has 0 radical (unpaired) electrons. The van der Waals surface area contributed by atoms with Gasteiger partial charge in [-0.05, 0) is 87.2 Å². The first-order valence-corrected chi connectivity index (χ1v) is 17.3. The lowest BCUT2D eigenvalue weighted by Gasteiger charge is -2.44. The standard InChI is InChI=1S/C33H39Cl2N3O4S/c34-29-14-13-27(23-30(29)35)33(15-7-20-38(24-33)31(39)26-9-3-1-4-10-26)36-18-8-19-37-21-16-32(40,17-22-37)25-43(41,42)28-11-5-2-6-12-28/h1-6,9-14,23,36,40H,7-8,15-22,24-25H2.